The second-order valence-corrected chi connectivity index (χ2v) is 7.30. The first-order valence-electron chi connectivity index (χ1n) is 7.83. The molecule has 0 spiro atoms. The summed E-state index contributed by atoms with van der Waals surface area (Å²) in [6.45, 7) is 0. The number of hydrazine groups is 1. The molecule has 0 aliphatic carbocycles. The molecule has 146 valence electrons. The summed E-state index contributed by atoms with van der Waals surface area (Å²) in [5.41, 5.74) is 2.58. The molecule has 1 amide bonds. The molecule has 10 nitrogen and oxygen atoms in total. The van der Waals surface area contributed by atoms with E-state index in [4.69, 9.17) is 12.2 Å². The summed E-state index contributed by atoms with van der Waals surface area (Å²) < 4.78 is 0.110. The Kier molecular flexibility index (Phi) is 5.66. The molecule has 0 bridgehead atoms. The molecule has 1 aliphatic heterocycles. The number of nitro benzene ring substituents is 2. The normalized spacial score (nSPS) is 14.9. The highest BCUT2D eigenvalue weighted by Crippen LogP contribution is 2.35. The van der Waals surface area contributed by atoms with E-state index in [1.165, 1.54) is 0 Å². The fraction of sp³-hybridized carbons (Fsp3) is 0. The van der Waals surface area contributed by atoms with Crippen molar-refractivity contribution in [1.29, 1.82) is 0 Å². The summed E-state index contributed by atoms with van der Waals surface area (Å²) in [7, 11) is 0. The van der Waals surface area contributed by atoms with E-state index in [1.807, 2.05) is 0 Å². The van der Waals surface area contributed by atoms with Gasteiger partial charge in [-0.1, -0.05) is 36.0 Å². The van der Waals surface area contributed by atoms with Gasteiger partial charge >= 0.3 is 5.69 Å². The van der Waals surface area contributed by atoms with Crippen LogP contribution in [0, 0.1) is 20.2 Å². The van der Waals surface area contributed by atoms with Crippen LogP contribution >= 0.6 is 24.0 Å². The van der Waals surface area contributed by atoms with Gasteiger partial charge in [-0.05, 0) is 29.9 Å². The monoisotopic (exact) mass is 430 g/mol. The number of non-ortho nitro benzene ring substituents is 1. The van der Waals surface area contributed by atoms with Crippen LogP contribution in [0.15, 0.2) is 47.4 Å². The van der Waals surface area contributed by atoms with Crippen molar-refractivity contribution < 1.29 is 19.4 Å². The third kappa shape index (κ3) is 4.28. The predicted molar refractivity (Wildman–Crippen MR) is 110 cm³/mol. The molecule has 1 aliphatic rings. The Morgan fingerprint density at radius 3 is 2.28 bits per heavy atom. The number of thiocarbonyl (C=S) groups is 1. The molecule has 2 aromatic rings. The molecule has 29 heavy (non-hydrogen) atoms. The van der Waals surface area contributed by atoms with Crippen molar-refractivity contribution in [3.05, 3.63) is 78.7 Å². The highest BCUT2D eigenvalue weighted by molar-refractivity contribution is 8.26. The van der Waals surface area contributed by atoms with Crippen LogP contribution in [0.4, 0.5) is 17.1 Å². The fourth-order valence-electron chi connectivity index (χ4n) is 2.39. The maximum absolute atomic E-state index is 12.7. The lowest BCUT2D eigenvalue weighted by Crippen LogP contribution is -2.34. The van der Waals surface area contributed by atoms with Crippen LogP contribution in [0.5, 0.6) is 0 Å². The van der Waals surface area contributed by atoms with E-state index < -0.39 is 27.1 Å². The number of hydrogen-bond donors (Lipinski definition) is 1. The Morgan fingerprint density at radius 1 is 1.03 bits per heavy atom. The van der Waals surface area contributed by atoms with Gasteiger partial charge in [0.2, 0.25) is 0 Å². The number of thioether (sulfide) groups is 1. The van der Waals surface area contributed by atoms with Crippen molar-refractivity contribution in [2.24, 2.45) is 0 Å². The van der Waals surface area contributed by atoms with Crippen LogP contribution in [0.2, 0.25) is 0 Å². The van der Waals surface area contributed by atoms with Gasteiger partial charge in [-0.15, -0.1) is 0 Å². The molecule has 0 radical (unpaired) electrons. The molecule has 1 N–H and O–H groups in total. The zero-order valence-electron chi connectivity index (χ0n) is 14.3. The van der Waals surface area contributed by atoms with Gasteiger partial charge in [-0.2, -0.15) is 0 Å². The Labute approximate surface area is 172 Å². The van der Waals surface area contributed by atoms with Crippen LogP contribution in [0.3, 0.4) is 0 Å². The molecule has 1 heterocycles. The number of carbonyl (C=O) groups excluding carboxylic acids is 2. The van der Waals surface area contributed by atoms with Crippen LogP contribution < -0.4 is 5.43 Å². The van der Waals surface area contributed by atoms with E-state index in [9.17, 15) is 29.8 Å². The van der Waals surface area contributed by atoms with Gasteiger partial charge in [-0.3, -0.25) is 35.2 Å². The van der Waals surface area contributed by atoms with Crippen LogP contribution in [-0.4, -0.2) is 31.4 Å². The van der Waals surface area contributed by atoms with Gasteiger partial charge in [-0.25, -0.2) is 5.01 Å². The number of aldehydes is 1. The zero-order valence-corrected chi connectivity index (χ0v) is 15.9. The number of amides is 1. The molecule has 0 saturated carbocycles. The minimum atomic E-state index is -0.794. The summed E-state index contributed by atoms with van der Waals surface area (Å²) in [6, 6.07) is 9.52. The average molecular weight is 430 g/mol. The van der Waals surface area contributed by atoms with Gasteiger partial charge in [0.1, 0.15) is 12.0 Å². The summed E-state index contributed by atoms with van der Waals surface area (Å²) in [6.07, 6.45) is 2.27. The minimum absolute atomic E-state index is 0.110. The molecule has 3 rings (SSSR count). The maximum atomic E-state index is 12.7. The lowest BCUT2D eigenvalue weighted by atomic mass is 10.1. The molecular weight excluding hydrogens is 420 g/mol. The minimum Gasteiger partial charge on any atom is -0.298 e. The van der Waals surface area contributed by atoms with Crippen molar-refractivity contribution in [3.8, 4) is 0 Å². The first-order chi connectivity index (χ1) is 13.8. The summed E-state index contributed by atoms with van der Waals surface area (Å²) in [5, 5.41) is 23.1. The van der Waals surface area contributed by atoms with Gasteiger partial charge in [0.15, 0.2) is 4.32 Å². The van der Waals surface area contributed by atoms with Gasteiger partial charge in [0.25, 0.3) is 11.6 Å². The number of hydrogen-bond acceptors (Lipinski definition) is 9. The maximum Gasteiger partial charge on any atom is 0.300 e. The highest BCUT2D eigenvalue weighted by atomic mass is 32.2. The first kappa shape index (κ1) is 20.1. The van der Waals surface area contributed by atoms with E-state index in [2.05, 4.69) is 5.43 Å². The molecule has 0 unspecified atom stereocenters. The number of nitrogens with zero attached hydrogens (tertiary/aromatic N) is 3. The van der Waals surface area contributed by atoms with E-state index >= 15 is 0 Å². The number of rotatable bonds is 6. The molecule has 12 heteroatoms. The number of nitro groups is 2. The fourth-order valence-corrected chi connectivity index (χ4v) is 3.57. The Bertz CT molecular complexity index is 1080. The van der Waals surface area contributed by atoms with Crippen LogP contribution in [0.25, 0.3) is 6.08 Å². The van der Waals surface area contributed by atoms with Gasteiger partial charge in [0.05, 0.1) is 20.8 Å². The van der Waals surface area contributed by atoms with Crippen molar-refractivity contribution in [1.82, 2.24) is 5.01 Å². The second-order valence-electron chi connectivity index (χ2n) is 5.63. The summed E-state index contributed by atoms with van der Waals surface area (Å²) >= 11 is 6.15. The number of nitrogens with one attached hydrogen (secondary N) is 1. The average Bonchev–Trinajstić information content (AvgIpc) is 2.96. The Balaban J connectivity index is 1.87. The number of benzene rings is 2. The standard InChI is InChI=1S/C17H10N4O6S2/c22-9-11-3-1-10(2-4-11)7-15-16(23)19(17(28)29-15)18-13-6-5-12(20(24)25)8-14(13)21(26)27/h1-9,18H/b15-7-. The smallest absolute Gasteiger partial charge is 0.298 e. The highest BCUT2D eigenvalue weighted by Gasteiger charge is 2.34. The quantitative estimate of drug-likeness (QED) is 0.240. The lowest BCUT2D eigenvalue weighted by Gasteiger charge is -2.16. The molecule has 1 saturated heterocycles. The van der Waals surface area contributed by atoms with Gasteiger partial charge in [0, 0.05) is 11.6 Å². The third-order valence-corrected chi connectivity index (χ3v) is 5.09. The van der Waals surface area contributed by atoms with Crippen molar-refractivity contribution in [2.75, 3.05) is 5.43 Å². The van der Waals surface area contributed by atoms with E-state index in [0.717, 1.165) is 35.0 Å². The Hall–Kier alpha value is -3.64. The predicted octanol–water partition coefficient (Wildman–Crippen LogP) is 3.54. The Morgan fingerprint density at radius 2 is 1.69 bits per heavy atom. The SMILES string of the molecule is O=Cc1ccc(/C=C2\SC(=S)N(Nc3ccc([N+](=O)[O-])cc3[N+](=O)[O-])C2=O)cc1. The number of carbonyl (C=O) groups is 2. The first-order valence-corrected chi connectivity index (χ1v) is 9.05. The molecular formula is C17H10N4O6S2. The zero-order chi connectivity index (χ0) is 21.1. The lowest BCUT2D eigenvalue weighted by molar-refractivity contribution is -0.393. The van der Waals surface area contributed by atoms with Crippen molar-refractivity contribution in [2.45, 2.75) is 0 Å². The van der Waals surface area contributed by atoms with Crippen molar-refractivity contribution in [3.63, 3.8) is 0 Å². The second kappa shape index (κ2) is 8.16. The summed E-state index contributed by atoms with van der Waals surface area (Å²) in [4.78, 5) is 44.2. The summed E-state index contributed by atoms with van der Waals surface area (Å²) in [5.74, 6) is -0.535. The van der Waals surface area contributed by atoms with E-state index in [-0.39, 0.29) is 14.9 Å². The van der Waals surface area contributed by atoms with Crippen LogP contribution in [-0.2, 0) is 4.79 Å². The topological polar surface area (TPSA) is 136 Å². The van der Waals surface area contributed by atoms with E-state index in [1.54, 1.807) is 30.3 Å². The van der Waals surface area contributed by atoms with Crippen LogP contribution in [0.1, 0.15) is 15.9 Å². The molecule has 1 fully saturated rings. The van der Waals surface area contributed by atoms with Crippen molar-refractivity contribution >= 4 is 63.6 Å². The molecule has 0 atom stereocenters. The number of anilines is 1. The van der Waals surface area contributed by atoms with E-state index in [0.29, 0.717) is 17.4 Å². The largest absolute Gasteiger partial charge is 0.300 e. The third-order valence-electron chi connectivity index (χ3n) is 3.79. The van der Waals surface area contributed by atoms with Gasteiger partial charge < -0.3 is 0 Å². The molecule has 0 aromatic heterocycles. The molecule has 2 aromatic carbocycles.